The molecule has 1 amide bonds. The molecule has 0 atom stereocenters. The van der Waals surface area contributed by atoms with Gasteiger partial charge in [-0.2, -0.15) is 5.10 Å². The number of nitrogens with one attached hydrogen (secondary N) is 1. The number of aryl methyl sites for hydroxylation is 1. The molecule has 3 rings (SSSR count). The van der Waals surface area contributed by atoms with E-state index in [9.17, 15) is 4.79 Å². The molecule has 1 N–H and O–H groups in total. The van der Waals surface area contributed by atoms with E-state index >= 15 is 0 Å². The summed E-state index contributed by atoms with van der Waals surface area (Å²) in [5.41, 5.74) is 3.40. The molecule has 0 saturated heterocycles. The minimum absolute atomic E-state index is 0.0653. The highest BCUT2D eigenvalue weighted by Crippen LogP contribution is 2.34. The topological polar surface area (TPSA) is 46.9 Å². The SMILES string of the molecule is Cc1nn(-c2ccccc2)c(C)c1NC(=O)CCSc1c(Cl)cccc1Cl. The van der Waals surface area contributed by atoms with E-state index in [-0.39, 0.29) is 5.91 Å². The second kappa shape index (κ2) is 8.83. The summed E-state index contributed by atoms with van der Waals surface area (Å²) in [6.45, 7) is 3.83. The van der Waals surface area contributed by atoms with Crippen molar-refractivity contribution in [2.45, 2.75) is 25.2 Å². The average Bonchev–Trinajstić information content (AvgIpc) is 2.93. The van der Waals surface area contributed by atoms with Gasteiger partial charge in [0.15, 0.2) is 0 Å². The number of halogens is 2. The van der Waals surface area contributed by atoms with Crippen molar-refractivity contribution in [2.75, 3.05) is 11.1 Å². The third-order valence-electron chi connectivity index (χ3n) is 4.05. The van der Waals surface area contributed by atoms with Gasteiger partial charge in [0.05, 0.1) is 32.8 Å². The van der Waals surface area contributed by atoms with Crippen LogP contribution in [-0.4, -0.2) is 21.4 Å². The number of hydrogen-bond acceptors (Lipinski definition) is 3. The molecule has 0 aliphatic rings. The molecule has 0 saturated carbocycles. The van der Waals surface area contributed by atoms with Gasteiger partial charge in [0.25, 0.3) is 0 Å². The number of carbonyl (C=O) groups excluding carboxylic acids is 1. The minimum Gasteiger partial charge on any atom is -0.323 e. The smallest absolute Gasteiger partial charge is 0.225 e. The molecule has 140 valence electrons. The lowest BCUT2D eigenvalue weighted by Crippen LogP contribution is -2.13. The summed E-state index contributed by atoms with van der Waals surface area (Å²) in [6.07, 6.45) is 0.349. The van der Waals surface area contributed by atoms with Crippen LogP contribution in [0.25, 0.3) is 5.69 Å². The van der Waals surface area contributed by atoms with Crippen molar-refractivity contribution in [2.24, 2.45) is 0 Å². The van der Waals surface area contributed by atoms with Gasteiger partial charge in [-0.3, -0.25) is 4.79 Å². The summed E-state index contributed by atoms with van der Waals surface area (Å²) in [5, 5.41) is 8.73. The Morgan fingerprint density at radius 1 is 1.07 bits per heavy atom. The van der Waals surface area contributed by atoms with Gasteiger partial charge in [-0.05, 0) is 38.1 Å². The summed E-state index contributed by atoms with van der Waals surface area (Å²) < 4.78 is 1.84. The Labute approximate surface area is 172 Å². The number of para-hydroxylation sites is 1. The van der Waals surface area contributed by atoms with Gasteiger partial charge < -0.3 is 5.32 Å². The number of hydrogen-bond donors (Lipinski definition) is 1. The van der Waals surface area contributed by atoms with E-state index in [2.05, 4.69) is 10.4 Å². The number of nitrogens with zero attached hydrogens (tertiary/aromatic N) is 2. The second-order valence-electron chi connectivity index (χ2n) is 5.99. The van der Waals surface area contributed by atoms with Crippen molar-refractivity contribution in [1.82, 2.24) is 9.78 Å². The maximum atomic E-state index is 12.4. The molecule has 0 fully saturated rings. The molecular weight excluding hydrogens is 401 g/mol. The fourth-order valence-corrected chi connectivity index (χ4v) is 4.34. The van der Waals surface area contributed by atoms with Crippen LogP contribution in [0.3, 0.4) is 0 Å². The van der Waals surface area contributed by atoms with Crippen LogP contribution in [0.5, 0.6) is 0 Å². The lowest BCUT2D eigenvalue weighted by atomic mass is 10.3. The average molecular weight is 420 g/mol. The molecule has 0 radical (unpaired) electrons. The van der Waals surface area contributed by atoms with E-state index in [4.69, 9.17) is 23.2 Å². The molecule has 3 aromatic rings. The van der Waals surface area contributed by atoms with E-state index in [1.807, 2.05) is 48.9 Å². The van der Waals surface area contributed by atoms with Crippen LogP contribution in [0.2, 0.25) is 10.0 Å². The number of rotatable bonds is 6. The predicted octanol–water partition coefficient (Wildman–Crippen LogP) is 5.92. The number of thioether (sulfide) groups is 1. The first kappa shape index (κ1) is 19.8. The number of aromatic nitrogens is 2. The van der Waals surface area contributed by atoms with E-state index in [1.165, 1.54) is 11.8 Å². The van der Waals surface area contributed by atoms with Crippen molar-refractivity contribution in [1.29, 1.82) is 0 Å². The van der Waals surface area contributed by atoms with Gasteiger partial charge >= 0.3 is 0 Å². The summed E-state index contributed by atoms with van der Waals surface area (Å²) in [7, 11) is 0. The highest BCUT2D eigenvalue weighted by Gasteiger charge is 2.15. The second-order valence-corrected chi connectivity index (χ2v) is 7.91. The molecule has 7 heteroatoms. The molecular formula is C20H19Cl2N3OS. The van der Waals surface area contributed by atoms with Gasteiger partial charge in [-0.1, -0.05) is 47.5 Å². The standard InChI is InChI=1S/C20H19Cl2N3OS/c1-13-19(14(2)25(24-13)15-7-4-3-5-8-15)23-18(26)11-12-27-20-16(21)9-6-10-17(20)22/h3-10H,11-12H2,1-2H3,(H,23,26). The summed E-state index contributed by atoms with van der Waals surface area (Å²) in [4.78, 5) is 13.2. The summed E-state index contributed by atoms with van der Waals surface area (Å²) in [6, 6.07) is 15.2. The van der Waals surface area contributed by atoms with Crippen molar-refractivity contribution in [3.05, 3.63) is 70.0 Å². The normalized spacial score (nSPS) is 10.8. The van der Waals surface area contributed by atoms with Gasteiger partial charge in [0.1, 0.15) is 0 Å². The molecule has 1 aromatic heterocycles. The maximum absolute atomic E-state index is 12.4. The summed E-state index contributed by atoms with van der Waals surface area (Å²) >= 11 is 13.8. The third-order valence-corrected chi connectivity index (χ3v) is 6.04. The lowest BCUT2D eigenvalue weighted by molar-refractivity contribution is -0.115. The molecule has 0 bridgehead atoms. The van der Waals surface area contributed by atoms with Crippen molar-refractivity contribution >= 4 is 46.6 Å². The fourth-order valence-electron chi connectivity index (χ4n) is 2.71. The monoisotopic (exact) mass is 419 g/mol. The van der Waals surface area contributed by atoms with Crippen LogP contribution in [0, 0.1) is 13.8 Å². The first-order valence-corrected chi connectivity index (χ1v) is 10.2. The fraction of sp³-hybridized carbons (Fsp3) is 0.200. The van der Waals surface area contributed by atoms with E-state index in [1.54, 1.807) is 18.2 Å². The number of carbonyl (C=O) groups is 1. The Balaban J connectivity index is 1.64. The Bertz CT molecular complexity index is 937. The zero-order chi connectivity index (χ0) is 19.4. The maximum Gasteiger partial charge on any atom is 0.225 e. The van der Waals surface area contributed by atoms with E-state index in [0.717, 1.165) is 27.7 Å². The Hall–Kier alpha value is -1.95. The first-order chi connectivity index (χ1) is 13.0. The Morgan fingerprint density at radius 2 is 1.74 bits per heavy atom. The zero-order valence-corrected chi connectivity index (χ0v) is 17.3. The molecule has 2 aromatic carbocycles. The van der Waals surface area contributed by atoms with Crippen LogP contribution >= 0.6 is 35.0 Å². The molecule has 0 spiro atoms. The molecule has 0 unspecified atom stereocenters. The molecule has 1 heterocycles. The Morgan fingerprint density at radius 3 is 2.41 bits per heavy atom. The van der Waals surface area contributed by atoms with Gasteiger partial charge in [0.2, 0.25) is 5.91 Å². The van der Waals surface area contributed by atoms with E-state index in [0.29, 0.717) is 22.2 Å². The van der Waals surface area contributed by atoms with Crippen LogP contribution in [-0.2, 0) is 4.79 Å². The van der Waals surface area contributed by atoms with Crippen LogP contribution < -0.4 is 5.32 Å². The molecule has 4 nitrogen and oxygen atoms in total. The number of benzene rings is 2. The molecule has 27 heavy (non-hydrogen) atoms. The third kappa shape index (κ3) is 4.67. The minimum atomic E-state index is -0.0653. The highest BCUT2D eigenvalue weighted by atomic mass is 35.5. The number of anilines is 1. The van der Waals surface area contributed by atoms with Crippen molar-refractivity contribution in [3.63, 3.8) is 0 Å². The van der Waals surface area contributed by atoms with Gasteiger partial charge in [0, 0.05) is 17.1 Å². The van der Waals surface area contributed by atoms with Crippen molar-refractivity contribution in [3.8, 4) is 5.69 Å². The zero-order valence-electron chi connectivity index (χ0n) is 15.0. The predicted molar refractivity (Wildman–Crippen MR) is 113 cm³/mol. The van der Waals surface area contributed by atoms with E-state index < -0.39 is 0 Å². The van der Waals surface area contributed by atoms with Crippen LogP contribution in [0.4, 0.5) is 5.69 Å². The van der Waals surface area contributed by atoms with Gasteiger partial charge in [-0.25, -0.2) is 4.68 Å². The number of amides is 1. The van der Waals surface area contributed by atoms with Crippen LogP contribution in [0.1, 0.15) is 17.8 Å². The van der Waals surface area contributed by atoms with Crippen molar-refractivity contribution < 1.29 is 4.79 Å². The highest BCUT2D eigenvalue weighted by molar-refractivity contribution is 7.99. The lowest BCUT2D eigenvalue weighted by Gasteiger charge is -2.08. The van der Waals surface area contributed by atoms with Crippen LogP contribution in [0.15, 0.2) is 53.4 Å². The molecule has 0 aliphatic carbocycles. The van der Waals surface area contributed by atoms with Gasteiger partial charge in [-0.15, -0.1) is 11.8 Å². The quantitative estimate of drug-likeness (QED) is 0.504. The largest absolute Gasteiger partial charge is 0.323 e. The molecule has 0 aliphatic heterocycles. The Kier molecular flexibility index (Phi) is 6.47. The summed E-state index contributed by atoms with van der Waals surface area (Å²) in [5.74, 6) is 0.518. The first-order valence-electron chi connectivity index (χ1n) is 8.45.